The number of nitrogens with zero attached hydrogens (tertiary/aromatic N) is 4. The van der Waals surface area contributed by atoms with Crippen molar-refractivity contribution in [3.05, 3.63) is 91.8 Å². The molecule has 5 rings (SSSR count). The predicted octanol–water partition coefficient (Wildman–Crippen LogP) is 5.17. The number of rotatable bonds is 10. The molecule has 0 fully saturated rings. The van der Waals surface area contributed by atoms with E-state index in [4.69, 9.17) is 22.3 Å². The molecule has 4 aromatic rings. The van der Waals surface area contributed by atoms with E-state index in [2.05, 4.69) is 46.5 Å². The molecule has 1 aliphatic rings. The fourth-order valence-electron chi connectivity index (χ4n) is 5.42. The number of nitrogens with one attached hydrogen (secondary N) is 2. The second kappa shape index (κ2) is 14.9. The van der Waals surface area contributed by atoms with Crippen molar-refractivity contribution in [2.24, 2.45) is 10.7 Å². The van der Waals surface area contributed by atoms with Gasteiger partial charge in [0.25, 0.3) is 0 Å². The first-order chi connectivity index (χ1) is 22.5. The molecule has 0 aliphatic carbocycles. The number of ketones is 1. The monoisotopic (exact) mass is 669 g/mol. The molecule has 47 heavy (non-hydrogen) atoms. The number of carbonyl (C=O) groups is 3. The van der Waals surface area contributed by atoms with Crippen LogP contribution >= 0.6 is 22.9 Å². The van der Waals surface area contributed by atoms with E-state index in [1.807, 2.05) is 35.8 Å². The van der Waals surface area contributed by atoms with Gasteiger partial charge in [0.05, 0.1) is 18.7 Å². The molecule has 2 aromatic carbocycles. The van der Waals surface area contributed by atoms with Gasteiger partial charge in [0.1, 0.15) is 22.7 Å². The fraction of sp³-hybridized carbons (Fsp3) is 0.314. The molecule has 0 spiro atoms. The minimum absolute atomic E-state index is 0.0196. The number of Topliss-reactive ketones (excluding diaryl/α,β-unsaturated/α-hetero) is 1. The second-order valence-corrected chi connectivity index (χ2v) is 13.0. The van der Waals surface area contributed by atoms with E-state index in [0.717, 1.165) is 38.8 Å². The van der Waals surface area contributed by atoms with Gasteiger partial charge in [-0.05, 0) is 69.5 Å². The third-order valence-electron chi connectivity index (χ3n) is 7.80. The summed E-state index contributed by atoms with van der Waals surface area (Å²) < 4.78 is 2.01. The molecule has 0 unspecified atom stereocenters. The van der Waals surface area contributed by atoms with E-state index >= 15 is 0 Å². The number of thiophene rings is 1. The molecule has 242 valence electrons. The molecule has 12 heteroatoms. The molecule has 2 amide bonds. The Morgan fingerprint density at radius 2 is 1.83 bits per heavy atom. The molecule has 2 aromatic heterocycles. The predicted molar refractivity (Wildman–Crippen MR) is 186 cm³/mol. The number of benzene rings is 2. The Bertz CT molecular complexity index is 1930. The van der Waals surface area contributed by atoms with Crippen LogP contribution in [-0.2, 0) is 20.8 Å². The van der Waals surface area contributed by atoms with Gasteiger partial charge in [-0.15, -0.1) is 21.5 Å². The van der Waals surface area contributed by atoms with Crippen molar-refractivity contribution in [3.8, 4) is 16.8 Å². The van der Waals surface area contributed by atoms with Crippen molar-refractivity contribution >= 4 is 51.9 Å². The van der Waals surface area contributed by atoms with Gasteiger partial charge in [-0.2, -0.15) is 0 Å². The number of carbonyl (C=O) groups excluding carboxylic acids is 3. The molecular weight excluding hydrogens is 634 g/mol. The van der Waals surface area contributed by atoms with Crippen LogP contribution in [0.1, 0.15) is 76.6 Å². The lowest BCUT2D eigenvalue weighted by atomic mass is 9.99. The molecule has 1 atom stereocenters. The van der Waals surface area contributed by atoms with Crippen LogP contribution in [0.4, 0.5) is 5.69 Å². The first kappa shape index (κ1) is 33.7. The number of aryl methyl sites for hydroxylation is 2. The molecule has 1 aliphatic heterocycles. The van der Waals surface area contributed by atoms with Gasteiger partial charge in [0.2, 0.25) is 11.8 Å². The van der Waals surface area contributed by atoms with Crippen molar-refractivity contribution < 1.29 is 14.4 Å². The van der Waals surface area contributed by atoms with Crippen LogP contribution in [-0.4, -0.2) is 51.2 Å². The van der Waals surface area contributed by atoms with Crippen molar-refractivity contribution in [3.63, 3.8) is 0 Å². The summed E-state index contributed by atoms with van der Waals surface area (Å²) in [4.78, 5) is 43.9. The molecule has 4 N–H and O–H groups in total. The molecular formula is C35H36ClN7O3S. The maximum atomic E-state index is 13.2. The summed E-state index contributed by atoms with van der Waals surface area (Å²) in [5.74, 6) is 6.72. The van der Waals surface area contributed by atoms with Crippen molar-refractivity contribution in [1.82, 2.24) is 20.1 Å². The van der Waals surface area contributed by atoms with Crippen LogP contribution in [0, 0.1) is 32.6 Å². The highest BCUT2D eigenvalue weighted by molar-refractivity contribution is 7.15. The normalized spacial score (nSPS) is 13.4. The lowest BCUT2D eigenvalue weighted by Gasteiger charge is -2.13. The summed E-state index contributed by atoms with van der Waals surface area (Å²) in [7, 11) is 0. The summed E-state index contributed by atoms with van der Waals surface area (Å²) in [6.07, 6.45) is 0.958. The number of aromatic nitrogens is 3. The van der Waals surface area contributed by atoms with Gasteiger partial charge >= 0.3 is 0 Å². The highest BCUT2D eigenvalue weighted by atomic mass is 35.5. The molecule has 0 bridgehead atoms. The average molecular weight is 670 g/mol. The van der Waals surface area contributed by atoms with Crippen molar-refractivity contribution in [1.29, 1.82) is 0 Å². The number of hydrogen-bond acceptors (Lipinski definition) is 8. The number of nitrogens with two attached hydrogens (primary N) is 1. The highest BCUT2D eigenvalue weighted by Crippen LogP contribution is 2.39. The van der Waals surface area contributed by atoms with E-state index in [1.54, 1.807) is 29.5 Å². The number of fused-ring (bicyclic) bond motifs is 3. The van der Waals surface area contributed by atoms with Crippen LogP contribution in [0.25, 0.3) is 5.00 Å². The lowest BCUT2D eigenvalue weighted by molar-refractivity contribution is -0.122. The summed E-state index contributed by atoms with van der Waals surface area (Å²) in [6, 6.07) is 12.2. The van der Waals surface area contributed by atoms with Crippen LogP contribution in [0.15, 0.2) is 47.5 Å². The minimum Gasteiger partial charge on any atom is -0.356 e. The Hall–Kier alpha value is -4.63. The smallest absolute Gasteiger partial charge is 0.224 e. The zero-order valence-corrected chi connectivity index (χ0v) is 28.3. The zero-order chi connectivity index (χ0) is 33.7. The average Bonchev–Trinajstić information content (AvgIpc) is 3.51. The Balaban J connectivity index is 1.25. The van der Waals surface area contributed by atoms with Gasteiger partial charge in [-0.25, -0.2) is 0 Å². The highest BCUT2D eigenvalue weighted by Gasteiger charge is 2.32. The quantitative estimate of drug-likeness (QED) is 0.157. The third kappa shape index (κ3) is 7.85. The number of halogens is 1. The Morgan fingerprint density at radius 1 is 1.06 bits per heavy atom. The molecule has 0 radical (unpaired) electrons. The van der Waals surface area contributed by atoms with Crippen LogP contribution in [0.5, 0.6) is 0 Å². The summed E-state index contributed by atoms with van der Waals surface area (Å²) in [5, 5.41) is 16.2. The lowest BCUT2D eigenvalue weighted by Crippen LogP contribution is -2.27. The van der Waals surface area contributed by atoms with Gasteiger partial charge < -0.3 is 16.4 Å². The second-order valence-electron chi connectivity index (χ2n) is 11.4. The Morgan fingerprint density at radius 3 is 2.55 bits per heavy atom. The van der Waals surface area contributed by atoms with Crippen LogP contribution in [0.3, 0.4) is 0 Å². The van der Waals surface area contributed by atoms with Gasteiger partial charge in [-0.1, -0.05) is 41.6 Å². The fourth-order valence-corrected chi connectivity index (χ4v) is 6.76. The van der Waals surface area contributed by atoms with E-state index in [1.165, 1.54) is 11.8 Å². The third-order valence-corrected chi connectivity index (χ3v) is 9.24. The number of anilines is 1. The number of aliphatic imine (C=N–C) groups is 1. The van der Waals surface area contributed by atoms with Gasteiger partial charge in [0, 0.05) is 51.7 Å². The molecule has 0 saturated carbocycles. The summed E-state index contributed by atoms with van der Waals surface area (Å²) in [5.41, 5.74) is 11.3. The summed E-state index contributed by atoms with van der Waals surface area (Å²) >= 11 is 7.85. The van der Waals surface area contributed by atoms with Crippen LogP contribution in [0.2, 0.25) is 5.02 Å². The maximum absolute atomic E-state index is 13.2. The van der Waals surface area contributed by atoms with E-state index in [-0.39, 0.29) is 43.4 Å². The molecule has 10 nitrogen and oxygen atoms in total. The topological polar surface area (TPSA) is 144 Å². The van der Waals surface area contributed by atoms with Crippen LogP contribution < -0.4 is 16.4 Å². The number of amides is 2. The standard InChI is InChI=1S/C35H36ClN7O3S/c1-20(44)17-26-11-14-28(18-25(26)7-5-15-37)39-30(45)8-6-16-38-31(46)19-29-34-42-41-23(4)43(34)35-32(21(2)22(3)47-35)33(40-29)24-9-12-27(36)13-10-24/h9-14,18,29H,6,8,15-17,19,37H2,1-4H3,(H,38,46)(H,39,45)/t29-/m0/s1. The van der Waals surface area contributed by atoms with Crippen molar-refractivity contribution in [2.45, 2.75) is 59.4 Å². The van der Waals surface area contributed by atoms with E-state index in [0.29, 0.717) is 35.1 Å². The first-order valence-electron chi connectivity index (χ1n) is 15.3. The Kier molecular flexibility index (Phi) is 10.7. The largest absolute Gasteiger partial charge is 0.356 e. The van der Waals surface area contributed by atoms with Gasteiger partial charge in [0.15, 0.2) is 5.82 Å². The first-order valence-corrected chi connectivity index (χ1v) is 16.5. The molecule has 3 heterocycles. The zero-order valence-electron chi connectivity index (χ0n) is 26.7. The maximum Gasteiger partial charge on any atom is 0.224 e. The SMILES string of the molecule is CC(=O)Cc1ccc(NC(=O)CCCNC(=O)C[C@@H]2N=C(c3ccc(Cl)cc3)c3c(sc(C)c3C)-n3c(C)nnc32)cc1C#CCN. The summed E-state index contributed by atoms with van der Waals surface area (Å²) in [6.45, 7) is 8.08. The van der Waals surface area contributed by atoms with Crippen molar-refractivity contribution in [2.75, 3.05) is 18.4 Å². The van der Waals surface area contributed by atoms with E-state index in [9.17, 15) is 14.4 Å². The van der Waals surface area contributed by atoms with Gasteiger partial charge in [-0.3, -0.25) is 23.9 Å². The van der Waals surface area contributed by atoms with E-state index < -0.39 is 6.04 Å². The minimum atomic E-state index is -0.577. The Labute approximate surface area is 282 Å². The molecule has 0 saturated heterocycles. The number of hydrogen-bond donors (Lipinski definition) is 3.